The molecule has 0 atom stereocenters. The zero-order chi connectivity index (χ0) is 15.8. The summed E-state index contributed by atoms with van der Waals surface area (Å²) in [5.74, 6) is 0.326. The van der Waals surface area contributed by atoms with Crippen molar-refractivity contribution in [1.29, 1.82) is 0 Å². The van der Waals surface area contributed by atoms with Gasteiger partial charge in [0.25, 0.3) is 0 Å². The van der Waals surface area contributed by atoms with Gasteiger partial charge in [0.15, 0.2) is 0 Å². The fourth-order valence-electron chi connectivity index (χ4n) is 3.01. The van der Waals surface area contributed by atoms with Gasteiger partial charge in [0.2, 0.25) is 0 Å². The van der Waals surface area contributed by atoms with E-state index in [2.05, 4.69) is 40.8 Å². The van der Waals surface area contributed by atoms with Crippen molar-refractivity contribution in [3.63, 3.8) is 0 Å². The van der Waals surface area contributed by atoms with Crippen LogP contribution in [0.4, 0.5) is 0 Å². The minimum Gasteiger partial charge on any atom is -0.506 e. The highest BCUT2D eigenvalue weighted by Gasteiger charge is 2.12. The van der Waals surface area contributed by atoms with Crippen molar-refractivity contribution in [1.82, 2.24) is 4.40 Å². The fraction of sp³-hybridized carbons (Fsp3) is 0.0476. The van der Waals surface area contributed by atoms with Gasteiger partial charge in [-0.1, -0.05) is 60.7 Å². The summed E-state index contributed by atoms with van der Waals surface area (Å²) in [4.78, 5) is 0. The molecule has 1 N–H and O–H groups in total. The summed E-state index contributed by atoms with van der Waals surface area (Å²) in [5.41, 5.74) is 6.46. The largest absolute Gasteiger partial charge is 0.506 e. The van der Waals surface area contributed by atoms with Crippen LogP contribution in [0.2, 0.25) is 0 Å². The molecular weight excluding hydrogens is 282 g/mol. The number of nitrogens with zero attached hydrogens (tertiary/aromatic N) is 1. The third kappa shape index (κ3) is 2.29. The third-order valence-electron chi connectivity index (χ3n) is 4.30. The average molecular weight is 299 g/mol. The summed E-state index contributed by atoms with van der Waals surface area (Å²) in [7, 11) is 0. The van der Waals surface area contributed by atoms with Gasteiger partial charge in [0, 0.05) is 5.56 Å². The fourth-order valence-corrected chi connectivity index (χ4v) is 3.01. The Morgan fingerprint density at radius 3 is 2.00 bits per heavy atom. The van der Waals surface area contributed by atoms with Crippen LogP contribution in [-0.2, 0) is 0 Å². The first-order valence-corrected chi connectivity index (χ1v) is 7.69. The van der Waals surface area contributed by atoms with Crippen molar-refractivity contribution in [3.8, 4) is 28.1 Å². The molecule has 0 fully saturated rings. The maximum atomic E-state index is 10.2. The van der Waals surface area contributed by atoms with Gasteiger partial charge in [-0.25, -0.2) is 0 Å². The molecule has 0 bridgehead atoms. The number of pyridine rings is 1. The maximum absolute atomic E-state index is 10.2. The number of aromatic nitrogens is 1. The summed E-state index contributed by atoms with van der Waals surface area (Å²) in [6.45, 7) is 1.95. The lowest BCUT2D eigenvalue weighted by Gasteiger charge is -2.11. The van der Waals surface area contributed by atoms with Crippen molar-refractivity contribution in [2.45, 2.75) is 6.92 Å². The molecule has 0 saturated carbocycles. The second kappa shape index (κ2) is 5.33. The predicted molar refractivity (Wildman–Crippen MR) is 94.7 cm³/mol. The average Bonchev–Trinajstić information content (AvgIpc) is 2.90. The Hall–Kier alpha value is -3.00. The predicted octanol–water partition coefficient (Wildman–Crippen LogP) is 5.29. The van der Waals surface area contributed by atoms with Crippen LogP contribution in [0.1, 0.15) is 5.56 Å². The molecule has 4 aromatic rings. The van der Waals surface area contributed by atoms with Crippen molar-refractivity contribution >= 4 is 5.52 Å². The quantitative estimate of drug-likeness (QED) is 0.534. The topological polar surface area (TPSA) is 24.6 Å². The molecule has 2 aromatic carbocycles. The van der Waals surface area contributed by atoms with Gasteiger partial charge in [-0.3, -0.25) is 0 Å². The van der Waals surface area contributed by atoms with Gasteiger partial charge in [-0.2, -0.15) is 0 Å². The Balaban J connectivity index is 2.06. The highest BCUT2D eigenvalue weighted by molar-refractivity contribution is 5.79. The standard InChI is InChI=1S/C21H17NO/c1-15-19-12-18(16-8-4-2-5-9-16)13-20(22(19)14-21(15)23)17-10-6-3-7-11-17/h2-14,23H,1H3. The van der Waals surface area contributed by atoms with Gasteiger partial charge in [0.05, 0.1) is 17.4 Å². The van der Waals surface area contributed by atoms with E-state index in [1.54, 1.807) is 6.20 Å². The minimum absolute atomic E-state index is 0.326. The highest BCUT2D eigenvalue weighted by atomic mass is 16.3. The van der Waals surface area contributed by atoms with E-state index in [0.717, 1.165) is 27.9 Å². The normalized spacial score (nSPS) is 11.0. The summed E-state index contributed by atoms with van der Waals surface area (Å²) in [6, 6.07) is 24.9. The number of benzene rings is 2. The number of aromatic hydroxyl groups is 1. The lowest BCUT2D eigenvalue weighted by molar-refractivity contribution is 0.472. The number of hydrogen-bond acceptors (Lipinski definition) is 1. The number of fused-ring (bicyclic) bond motifs is 1. The van der Waals surface area contributed by atoms with Gasteiger partial charge in [-0.05, 0) is 35.7 Å². The summed E-state index contributed by atoms with van der Waals surface area (Å²) in [6.07, 6.45) is 1.79. The first-order chi connectivity index (χ1) is 11.2. The molecular formula is C21H17NO. The van der Waals surface area contributed by atoms with E-state index in [-0.39, 0.29) is 0 Å². The van der Waals surface area contributed by atoms with Gasteiger partial charge in [-0.15, -0.1) is 0 Å². The highest BCUT2D eigenvalue weighted by Crippen LogP contribution is 2.33. The van der Waals surface area contributed by atoms with E-state index in [1.807, 2.05) is 43.3 Å². The maximum Gasteiger partial charge on any atom is 0.137 e. The Morgan fingerprint density at radius 2 is 1.35 bits per heavy atom. The van der Waals surface area contributed by atoms with E-state index < -0.39 is 0 Å². The van der Waals surface area contributed by atoms with Crippen molar-refractivity contribution in [2.75, 3.05) is 0 Å². The van der Waals surface area contributed by atoms with Crippen molar-refractivity contribution in [3.05, 3.63) is 84.6 Å². The molecule has 0 aliphatic rings. The molecule has 0 saturated heterocycles. The van der Waals surface area contributed by atoms with Crippen LogP contribution >= 0.6 is 0 Å². The minimum atomic E-state index is 0.326. The van der Waals surface area contributed by atoms with E-state index in [4.69, 9.17) is 0 Å². The smallest absolute Gasteiger partial charge is 0.137 e. The van der Waals surface area contributed by atoms with E-state index >= 15 is 0 Å². The number of hydrogen-bond donors (Lipinski definition) is 1. The lowest BCUT2D eigenvalue weighted by Crippen LogP contribution is -1.92. The Labute approximate surface area is 135 Å². The second-order valence-electron chi connectivity index (χ2n) is 5.76. The molecule has 2 heterocycles. The van der Waals surface area contributed by atoms with E-state index in [0.29, 0.717) is 5.75 Å². The Morgan fingerprint density at radius 1 is 0.739 bits per heavy atom. The van der Waals surface area contributed by atoms with E-state index in [9.17, 15) is 5.11 Å². The van der Waals surface area contributed by atoms with Crippen LogP contribution in [-0.4, -0.2) is 9.51 Å². The molecule has 23 heavy (non-hydrogen) atoms. The van der Waals surface area contributed by atoms with Gasteiger partial charge < -0.3 is 9.51 Å². The Kier molecular flexibility index (Phi) is 3.16. The third-order valence-corrected chi connectivity index (χ3v) is 4.30. The first kappa shape index (κ1) is 13.6. The monoisotopic (exact) mass is 299 g/mol. The van der Waals surface area contributed by atoms with Gasteiger partial charge in [0.1, 0.15) is 5.75 Å². The van der Waals surface area contributed by atoms with Crippen LogP contribution in [0.5, 0.6) is 5.75 Å². The molecule has 0 radical (unpaired) electrons. The Bertz CT molecular complexity index is 969. The second-order valence-corrected chi connectivity index (χ2v) is 5.76. The molecule has 4 rings (SSSR count). The summed E-state index contributed by atoms with van der Waals surface area (Å²) >= 11 is 0. The first-order valence-electron chi connectivity index (χ1n) is 7.69. The molecule has 0 aliphatic heterocycles. The molecule has 0 aliphatic carbocycles. The van der Waals surface area contributed by atoms with Crippen LogP contribution < -0.4 is 0 Å². The zero-order valence-corrected chi connectivity index (χ0v) is 12.9. The lowest BCUT2D eigenvalue weighted by atomic mass is 10.0. The van der Waals surface area contributed by atoms with E-state index in [1.165, 1.54) is 5.56 Å². The summed E-state index contributed by atoms with van der Waals surface area (Å²) < 4.78 is 2.06. The molecule has 0 spiro atoms. The molecule has 112 valence electrons. The number of rotatable bonds is 2. The molecule has 2 aromatic heterocycles. The van der Waals surface area contributed by atoms with Crippen LogP contribution in [0, 0.1) is 6.92 Å². The molecule has 2 nitrogen and oxygen atoms in total. The van der Waals surface area contributed by atoms with Crippen LogP contribution in [0.3, 0.4) is 0 Å². The van der Waals surface area contributed by atoms with Crippen molar-refractivity contribution in [2.24, 2.45) is 0 Å². The van der Waals surface area contributed by atoms with Crippen molar-refractivity contribution < 1.29 is 5.11 Å². The molecule has 0 unspecified atom stereocenters. The SMILES string of the molecule is Cc1c(O)cn2c(-c3ccccc3)cc(-c3ccccc3)cc12. The van der Waals surface area contributed by atoms with Crippen LogP contribution in [0.25, 0.3) is 27.9 Å². The van der Waals surface area contributed by atoms with Crippen LogP contribution in [0.15, 0.2) is 79.0 Å². The van der Waals surface area contributed by atoms with Gasteiger partial charge >= 0.3 is 0 Å². The summed E-state index contributed by atoms with van der Waals surface area (Å²) in [5, 5.41) is 10.2. The zero-order valence-electron chi connectivity index (χ0n) is 12.9. The molecule has 2 heteroatoms. The molecule has 0 amide bonds. The number of aryl methyl sites for hydroxylation is 1.